The van der Waals surface area contributed by atoms with Crippen molar-refractivity contribution < 1.29 is 9.53 Å². The molecule has 4 rings (SSSR count). The third kappa shape index (κ3) is 5.13. The van der Waals surface area contributed by atoms with E-state index in [2.05, 4.69) is 45.4 Å². The Labute approximate surface area is 193 Å². The number of methoxy groups -OCH3 is 1. The first-order valence-corrected chi connectivity index (χ1v) is 11.0. The van der Waals surface area contributed by atoms with Crippen molar-refractivity contribution in [2.45, 2.75) is 62.6 Å². The Bertz CT molecular complexity index is 662. The number of rotatable bonds is 4. The van der Waals surface area contributed by atoms with Crippen LogP contribution in [0.1, 0.15) is 50.5 Å². The van der Waals surface area contributed by atoms with Crippen LogP contribution in [0.4, 0.5) is 0 Å². The van der Waals surface area contributed by atoms with Crippen molar-refractivity contribution in [3.63, 3.8) is 0 Å². The average molecular weight is 458 g/mol. The predicted octanol–water partition coefficient (Wildman–Crippen LogP) is 3.65. The zero-order valence-electron chi connectivity index (χ0n) is 18.1. The summed E-state index contributed by atoms with van der Waals surface area (Å²) in [5, 5.41) is 3.36. The SMILES string of the molecule is COC1(C(=O)N2CCN(Cc3ccccc3)C3(CCCCC3)C2)CCNCC1.Cl.Cl. The van der Waals surface area contributed by atoms with Crippen LogP contribution in [0.2, 0.25) is 0 Å². The summed E-state index contributed by atoms with van der Waals surface area (Å²) in [7, 11) is 1.71. The second kappa shape index (κ2) is 11.1. The molecule has 0 radical (unpaired) electrons. The Morgan fingerprint density at radius 3 is 2.30 bits per heavy atom. The fraction of sp³-hybridized carbons (Fsp3) is 0.696. The molecule has 1 aromatic rings. The zero-order valence-corrected chi connectivity index (χ0v) is 19.7. The van der Waals surface area contributed by atoms with Gasteiger partial charge in [-0.3, -0.25) is 9.69 Å². The molecule has 0 atom stereocenters. The maximum Gasteiger partial charge on any atom is 0.255 e. The van der Waals surface area contributed by atoms with Crippen molar-refractivity contribution in [2.24, 2.45) is 0 Å². The Morgan fingerprint density at radius 2 is 1.67 bits per heavy atom. The fourth-order valence-electron chi connectivity index (χ4n) is 5.55. The number of piperazine rings is 1. The molecule has 1 saturated carbocycles. The highest BCUT2D eigenvalue weighted by atomic mass is 35.5. The van der Waals surface area contributed by atoms with Gasteiger partial charge in [-0.2, -0.15) is 0 Å². The van der Waals surface area contributed by atoms with Gasteiger partial charge in [0.05, 0.1) is 0 Å². The van der Waals surface area contributed by atoms with Gasteiger partial charge in [-0.1, -0.05) is 49.6 Å². The first-order chi connectivity index (χ1) is 13.7. The van der Waals surface area contributed by atoms with E-state index in [1.807, 2.05) is 0 Å². The molecular formula is C23H37Cl2N3O2. The molecule has 30 heavy (non-hydrogen) atoms. The number of carbonyl (C=O) groups excluding carboxylic acids is 1. The Hall–Kier alpha value is -0.850. The van der Waals surface area contributed by atoms with Gasteiger partial charge in [0.15, 0.2) is 0 Å². The van der Waals surface area contributed by atoms with Gasteiger partial charge in [-0.05, 0) is 44.3 Å². The molecule has 0 aromatic heterocycles. The van der Waals surface area contributed by atoms with Crippen molar-refractivity contribution in [2.75, 3.05) is 39.8 Å². The van der Waals surface area contributed by atoms with E-state index < -0.39 is 5.60 Å². The van der Waals surface area contributed by atoms with Crippen LogP contribution in [0, 0.1) is 0 Å². The number of piperidine rings is 1. The van der Waals surface area contributed by atoms with Crippen molar-refractivity contribution in [3.05, 3.63) is 35.9 Å². The second-order valence-electron chi connectivity index (χ2n) is 8.87. The van der Waals surface area contributed by atoms with Gasteiger partial charge in [0.1, 0.15) is 5.60 Å². The van der Waals surface area contributed by atoms with Crippen LogP contribution in [0.25, 0.3) is 0 Å². The summed E-state index contributed by atoms with van der Waals surface area (Å²) < 4.78 is 5.85. The number of hydrogen-bond acceptors (Lipinski definition) is 4. The summed E-state index contributed by atoms with van der Waals surface area (Å²) in [4.78, 5) is 18.4. The molecule has 1 spiro atoms. The Balaban J connectivity index is 0.00000160. The van der Waals surface area contributed by atoms with E-state index in [1.54, 1.807) is 7.11 Å². The van der Waals surface area contributed by atoms with Crippen LogP contribution in [0.5, 0.6) is 0 Å². The summed E-state index contributed by atoms with van der Waals surface area (Å²) in [5.74, 6) is 0.223. The number of ether oxygens (including phenoxy) is 1. The molecule has 170 valence electrons. The van der Waals surface area contributed by atoms with E-state index in [0.717, 1.165) is 52.1 Å². The van der Waals surface area contributed by atoms with Gasteiger partial charge in [0, 0.05) is 38.8 Å². The lowest BCUT2D eigenvalue weighted by atomic mass is 9.77. The highest BCUT2D eigenvalue weighted by molar-refractivity contribution is 5.86. The highest BCUT2D eigenvalue weighted by Crippen LogP contribution is 2.39. The summed E-state index contributed by atoms with van der Waals surface area (Å²) in [6.45, 7) is 5.33. The van der Waals surface area contributed by atoms with Crippen molar-refractivity contribution in [1.29, 1.82) is 0 Å². The number of halogens is 2. The maximum absolute atomic E-state index is 13.6. The van der Waals surface area contributed by atoms with Crippen LogP contribution in [-0.4, -0.2) is 66.7 Å². The number of nitrogens with zero attached hydrogens (tertiary/aromatic N) is 2. The molecule has 1 aliphatic carbocycles. The quantitative estimate of drug-likeness (QED) is 0.749. The van der Waals surface area contributed by atoms with Crippen LogP contribution < -0.4 is 5.32 Å². The third-order valence-corrected chi connectivity index (χ3v) is 7.28. The maximum atomic E-state index is 13.6. The van der Waals surface area contributed by atoms with Crippen LogP contribution in [0.3, 0.4) is 0 Å². The Morgan fingerprint density at radius 1 is 1.00 bits per heavy atom. The summed E-state index contributed by atoms with van der Waals surface area (Å²) in [5.41, 5.74) is 0.881. The normalized spacial score (nSPS) is 23.3. The molecule has 1 amide bonds. The van der Waals surface area contributed by atoms with Crippen LogP contribution in [-0.2, 0) is 16.1 Å². The average Bonchev–Trinajstić information content (AvgIpc) is 2.76. The van der Waals surface area contributed by atoms with Gasteiger partial charge >= 0.3 is 0 Å². The zero-order chi connectivity index (χ0) is 19.5. The smallest absolute Gasteiger partial charge is 0.255 e. The molecule has 1 aromatic carbocycles. The van der Waals surface area contributed by atoms with E-state index in [9.17, 15) is 4.79 Å². The van der Waals surface area contributed by atoms with E-state index in [-0.39, 0.29) is 36.3 Å². The number of hydrogen-bond donors (Lipinski definition) is 1. The van der Waals surface area contributed by atoms with Crippen molar-refractivity contribution >= 4 is 30.7 Å². The van der Waals surface area contributed by atoms with Crippen molar-refractivity contribution in [1.82, 2.24) is 15.1 Å². The minimum Gasteiger partial charge on any atom is -0.368 e. The first kappa shape index (κ1) is 25.4. The lowest BCUT2D eigenvalue weighted by molar-refractivity contribution is -0.165. The van der Waals surface area contributed by atoms with E-state index in [0.29, 0.717) is 0 Å². The number of nitrogens with one attached hydrogen (secondary N) is 1. The molecule has 2 saturated heterocycles. The molecule has 7 heteroatoms. The van der Waals surface area contributed by atoms with Gasteiger partial charge < -0.3 is 15.0 Å². The minimum absolute atomic E-state index is 0. The molecule has 0 bridgehead atoms. The number of benzene rings is 1. The molecular weight excluding hydrogens is 421 g/mol. The van der Waals surface area contributed by atoms with Crippen molar-refractivity contribution in [3.8, 4) is 0 Å². The molecule has 0 unspecified atom stereocenters. The lowest BCUT2D eigenvalue weighted by Gasteiger charge is -2.54. The van der Waals surface area contributed by atoms with E-state index in [4.69, 9.17) is 4.74 Å². The molecule has 5 nitrogen and oxygen atoms in total. The predicted molar refractivity (Wildman–Crippen MR) is 126 cm³/mol. The topological polar surface area (TPSA) is 44.8 Å². The second-order valence-corrected chi connectivity index (χ2v) is 8.87. The summed E-state index contributed by atoms with van der Waals surface area (Å²) >= 11 is 0. The van der Waals surface area contributed by atoms with E-state index >= 15 is 0 Å². The van der Waals surface area contributed by atoms with Crippen LogP contribution >= 0.6 is 24.8 Å². The standard InChI is InChI=1S/C23H35N3O2.2ClH/c1-28-23(12-14-24-15-13-23)21(27)25-16-17-26(18-20-8-4-2-5-9-20)22(19-25)10-6-3-7-11-22;;/h2,4-5,8-9,24H,3,6-7,10-19H2,1H3;2*1H. The van der Waals surface area contributed by atoms with Gasteiger partial charge in [0.25, 0.3) is 5.91 Å². The largest absolute Gasteiger partial charge is 0.368 e. The molecule has 3 aliphatic rings. The third-order valence-electron chi connectivity index (χ3n) is 7.28. The fourth-order valence-corrected chi connectivity index (χ4v) is 5.55. The Kier molecular flexibility index (Phi) is 9.44. The first-order valence-electron chi connectivity index (χ1n) is 11.0. The molecule has 2 heterocycles. The van der Waals surface area contributed by atoms with Gasteiger partial charge in [0.2, 0.25) is 0 Å². The summed E-state index contributed by atoms with van der Waals surface area (Å²) in [6.07, 6.45) is 7.82. The minimum atomic E-state index is -0.622. The van der Waals surface area contributed by atoms with Gasteiger partial charge in [-0.25, -0.2) is 0 Å². The van der Waals surface area contributed by atoms with E-state index in [1.165, 1.54) is 37.7 Å². The number of amides is 1. The highest BCUT2D eigenvalue weighted by Gasteiger charge is 2.48. The number of carbonyl (C=O) groups is 1. The van der Waals surface area contributed by atoms with Gasteiger partial charge in [-0.15, -0.1) is 24.8 Å². The molecule has 3 fully saturated rings. The molecule has 2 aliphatic heterocycles. The monoisotopic (exact) mass is 457 g/mol. The molecule has 1 N–H and O–H groups in total. The summed E-state index contributed by atoms with van der Waals surface area (Å²) in [6, 6.07) is 10.8. The lowest BCUT2D eigenvalue weighted by Crippen LogP contribution is -2.66. The van der Waals surface area contributed by atoms with Crippen LogP contribution in [0.15, 0.2) is 30.3 Å².